The molecule has 23 heavy (non-hydrogen) atoms. The molecule has 1 N–H and O–H groups in total. The molecule has 0 aliphatic carbocycles. The number of benzene rings is 1. The topological polar surface area (TPSA) is 69.9 Å². The van der Waals surface area contributed by atoms with Gasteiger partial charge in [-0.1, -0.05) is 42.4 Å². The van der Waals surface area contributed by atoms with Gasteiger partial charge in [0, 0.05) is 18.4 Å². The van der Waals surface area contributed by atoms with Crippen molar-refractivity contribution in [3.63, 3.8) is 0 Å². The van der Waals surface area contributed by atoms with Crippen LogP contribution in [0.25, 0.3) is 11.3 Å². The molecule has 1 aliphatic heterocycles. The van der Waals surface area contributed by atoms with E-state index in [1.54, 1.807) is 9.58 Å². The smallest absolute Gasteiger partial charge is 0.291 e. The number of H-pyrrole nitrogens is 1. The van der Waals surface area contributed by atoms with Crippen molar-refractivity contribution < 1.29 is 9.48 Å². The molecule has 0 radical (unpaired) electrons. The van der Waals surface area contributed by atoms with Gasteiger partial charge in [-0.15, -0.1) is 0 Å². The van der Waals surface area contributed by atoms with E-state index in [0.29, 0.717) is 17.3 Å². The zero-order valence-corrected chi connectivity index (χ0v) is 14.2. The summed E-state index contributed by atoms with van der Waals surface area (Å²) in [6.45, 7) is 5.72. The lowest BCUT2D eigenvalue weighted by Gasteiger charge is -2.29. The number of carbonyl (C=O) groups is 1. The fraction of sp³-hybridized carbons (Fsp3) is 0.375. The summed E-state index contributed by atoms with van der Waals surface area (Å²) in [5, 5.41) is 5.11. The lowest BCUT2D eigenvalue weighted by Crippen LogP contribution is -2.59. The number of rotatable bonds is 3. The van der Waals surface area contributed by atoms with Crippen molar-refractivity contribution in [2.75, 3.05) is 10.7 Å². The average Bonchev–Trinajstić information content (AvgIpc) is 2.55. The van der Waals surface area contributed by atoms with E-state index >= 15 is 0 Å². The predicted octanol–water partition coefficient (Wildman–Crippen LogP) is 2.11. The quantitative estimate of drug-likeness (QED) is 0.691. The zero-order valence-electron chi connectivity index (χ0n) is 13.4. The van der Waals surface area contributed by atoms with E-state index in [1.165, 1.54) is 11.8 Å². The summed E-state index contributed by atoms with van der Waals surface area (Å²) in [6.07, 6.45) is 0.0553. The number of thioether (sulfide) groups is 1. The van der Waals surface area contributed by atoms with Gasteiger partial charge < -0.3 is 0 Å². The SMILES string of the molecule is CCSc1n[n+]2c(c(=O)[nH]1)-c1ccccc1N(C(=O)CC)[C@@H]2C. The Kier molecular flexibility index (Phi) is 4.21. The van der Waals surface area contributed by atoms with E-state index in [2.05, 4.69) is 10.1 Å². The Balaban J connectivity index is 2.28. The van der Waals surface area contributed by atoms with Crippen LogP contribution in [0.3, 0.4) is 0 Å². The van der Waals surface area contributed by atoms with Gasteiger partial charge in [-0.2, -0.15) is 0 Å². The van der Waals surface area contributed by atoms with Crippen molar-refractivity contribution >= 4 is 23.4 Å². The van der Waals surface area contributed by atoms with Crippen molar-refractivity contribution in [1.29, 1.82) is 0 Å². The second-order valence-corrected chi connectivity index (χ2v) is 6.50. The molecule has 0 spiro atoms. The van der Waals surface area contributed by atoms with Gasteiger partial charge in [0.25, 0.3) is 6.17 Å². The maximum absolute atomic E-state index is 12.6. The van der Waals surface area contributed by atoms with Gasteiger partial charge in [-0.05, 0) is 17.9 Å². The second kappa shape index (κ2) is 6.16. The molecule has 3 rings (SSSR count). The molecule has 0 bridgehead atoms. The summed E-state index contributed by atoms with van der Waals surface area (Å²) >= 11 is 1.47. The van der Waals surface area contributed by atoms with Crippen LogP contribution in [0.2, 0.25) is 0 Å². The van der Waals surface area contributed by atoms with E-state index in [-0.39, 0.29) is 17.6 Å². The molecule has 120 valence electrons. The maximum atomic E-state index is 12.6. The van der Waals surface area contributed by atoms with Crippen LogP contribution in [-0.4, -0.2) is 21.7 Å². The standard InChI is InChI=1S/C16H18N4O2S/c1-4-13(21)19-10(3)20-14(11-8-6-7-9-12(11)19)15(22)17-16(18-20)23-5-2/h6-10H,4-5H2,1-3H3/p+1/t10-/m0/s1. The number of nitrogens with one attached hydrogen (secondary N) is 1. The van der Waals surface area contributed by atoms with E-state index in [9.17, 15) is 9.59 Å². The average molecular weight is 331 g/mol. The van der Waals surface area contributed by atoms with Crippen LogP contribution in [0.1, 0.15) is 33.4 Å². The van der Waals surface area contributed by atoms with Gasteiger partial charge >= 0.3 is 11.3 Å². The van der Waals surface area contributed by atoms with Crippen molar-refractivity contribution in [2.24, 2.45) is 0 Å². The van der Waals surface area contributed by atoms with Crippen molar-refractivity contribution in [1.82, 2.24) is 10.1 Å². The van der Waals surface area contributed by atoms with Gasteiger partial charge in [-0.3, -0.25) is 19.5 Å². The molecule has 2 heterocycles. The van der Waals surface area contributed by atoms with E-state index < -0.39 is 0 Å². The molecule has 1 aromatic carbocycles. The highest BCUT2D eigenvalue weighted by molar-refractivity contribution is 7.99. The van der Waals surface area contributed by atoms with Gasteiger partial charge in [-0.25, -0.2) is 0 Å². The first kappa shape index (κ1) is 15.7. The monoisotopic (exact) mass is 331 g/mol. The first-order chi connectivity index (χ1) is 11.1. The van der Waals surface area contributed by atoms with Crippen molar-refractivity contribution in [3.05, 3.63) is 34.6 Å². The van der Waals surface area contributed by atoms with Crippen molar-refractivity contribution in [3.8, 4) is 11.3 Å². The molecule has 0 unspecified atom stereocenters. The molecule has 6 nitrogen and oxygen atoms in total. The molecule has 1 amide bonds. The number of anilines is 1. The zero-order chi connectivity index (χ0) is 16.6. The molecule has 1 aromatic heterocycles. The molecule has 0 fully saturated rings. The van der Waals surface area contributed by atoms with Gasteiger partial charge in [0.05, 0.1) is 11.3 Å². The van der Waals surface area contributed by atoms with Crippen LogP contribution in [0.4, 0.5) is 5.69 Å². The number of nitrogens with zero attached hydrogens (tertiary/aromatic N) is 3. The van der Waals surface area contributed by atoms with Crippen LogP contribution in [-0.2, 0) is 4.79 Å². The number of hydrogen-bond donors (Lipinski definition) is 1. The number of fused-ring (bicyclic) bond motifs is 3. The highest BCUT2D eigenvalue weighted by Gasteiger charge is 2.41. The highest BCUT2D eigenvalue weighted by Crippen LogP contribution is 2.34. The van der Waals surface area contributed by atoms with Gasteiger partial charge in [0.15, 0.2) is 0 Å². The van der Waals surface area contributed by atoms with Crippen LogP contribution >= 0.6 is 11.8 Å². The fourth-order valence-electron chi connectivity index (χ4n) is 2.86. The molecule has 7 heteroatoms. The van der Waals surface area contributed by atoms with Crippen LogP contribution in [0, 0.1) is 0 Å². The fourth-order valence-corrected chi connectivity index (χ4v) is 3.44. The number of hydrogen-bond acceptors (Lipinski definition) is 4. The summed E-state index contributed by atoms with van der Waals surface area (Å²) < 4.78 is 1.66. The third-order valence-corrected chi connectivity index (χ3v) is 4.61. The van der Waals surface area contributed by atoms with E-state index in [0.717, 1.165) is 17.0 Å². The summed E-state index contributed by atoms with van der Waals surface area (Å²) in [5.41, 5.74) is 1.80. The Bertz CT molecular complexity index is 818. The van der Waals surface area contributed by atoms with Crippen LogP contribution in [0.5, 0.6) is 0 Å². The third-order valence-electron chi connectivity index (χ3n) is 3.86. The van der Waals surface area contributed by atoms with E-state index in [1.807, 2.05) is 45.0 Å². The number of amides is 1. The molecule has 1 atom stereocenters. The summed E-state index contributed by atoms with van der Waals surface area (Å²) in [4.78, 5) is 29.6. The normalized spacial score (nSPS) is 16.0. The Morgan fingerprint density at radius 2 is 2.13 bits per heavy atom. The summed E-state index contributed by atoms with van der Waals surface area (Å²) in [7, 11) is 0. The number of para-hydroxylation sites is 1. The maximum Gasteiger partial charge on any atom is 0.325 e. The summed E-state index contributed by atoms with van der Waals surface area (Å²) in [6, 6.07) is 7.46. The Hall–Kier alpha value is -2.15. The highest BCUT2D eigenvalue weighted by atomic mass is 32.2. The van der Waals surface area contributed by atoms with Gasteiger partial charge in [0.2, 0.25) is 11.1 Å². The first-order valence-corrected chi connectivity index (χ1v) is 8.67. The first-order valence-electron chi connectivity index (χ1n) is 7.68. The van der Waals surface area contributed by atoms with E-state index in [4.69, 9.17) is 0 Å². The lowest BCUT2D eigenvalue weighted by molar-refractivity contribution is -0.768. The number of aromatic amines is 1. The van der Waals surface area contributed by atoms with Gasteiger partial charge in [0.1, 0.15) is 0 Å². The third kappa shape index (κ3) is 2.55. The number of aromatic nitrogens is 3. The molecule has 2 aromatic rings. The predicted molar refractivity (Wildman–Crippen MR) is 89.4 cm³/mol. The molecule has 0 saturated carbocycles. The molecular formula is C16H19N4O2S+. The van der Waals surface area contributed by atoms with Crippen LogP contribution < -0.4 is 15.1 Å². The minimum absolute atomic E-state index is 0.00914. The lowest BCUT2D eigenvalue weighted by atomic mass is 10.0. The Morgan fingerprint density at radius 1 is 1.39 bits per heavy atom. The minimum atomic E-state index is -0.342. The molecular weight excluding hydrogens is 312 g/mol. The van der Waals surface area contributed by atoms with Crippen LogP contribution in [0.15, 0.2) is 34.2 Å². The number of carbonyl (C=O) groups excluding carboxylic acids is 1. The molecule has 1 aliphatic rings. The molecule has 0 saturated heterocycles. The van der Waals surface area contributed by atoms with Crippen molar-refractivity contribution in [2.45, 2.75) is 38.5 Å². The second-order valence-electron chi connectivity index (χ2n) is 5.25. The Morgan fingerprint density at radius 3 is 2.83 bits per heavy atom. The minimum Gasteiger partial charge on any atom is -0.291 e. The largest absolute Gasteiger partial charge is 0.325 e. The Labute approximate surface area is 138 Å². The summed E-state index contributed by atoms with van der Waals surface area (Å²) in [5.74, 6) is 0.820.